The zero-order valence-corrected chi connectivity index (χ0v) is 27.4. The highest BCUT2D eigenvalue weighted by Crippen LogP contribution is 2.41. The van der Waals surface area contributed by atoms with Crippen LogP contribution in [0.25, 0.3) is 100 Å². The van der Waals surface area contributed by atoms with Crippen LogP contribution in [0.4, 0.5) is 0 Å². The van der Waals surface area contributed by atoms with Gasteiger partial charge in [-0.2, -0.15) is 0 Å². The van der Waals surface area contributed by atoms with Gasteiger partial charge in [0.05, 0.1) is 11.2 Å². The number of pyridine rings is 1. The number of para-hydroxylation sites is 2. The van der Waals surface area contributed by atoms with Crippen LogP contribution in [0.3, 0.4) is 0 Å². The number of aromatic nitrogens is 4. The van der Waals surface area contributed by atoms with Crippen molar-refractivity contribution < 1.29 is 4.42 Å². The Kier molecular flexibility index (Phi) is 6.74. The number of rotatable bonds is 5. The summed E-state index contributed by atoms with van der Waals surface area (Å²) in [7, 11) is 0. The van der Waals surface area contributed by atoms with Gasteiger partial charge in [-0.1, -0.05) is 146 Å². The Bertz CT molecular complexity index is 2840. The van der Waals surface area contributed by atoms with Gasteiger partial charge in [-0.3, -0.25) is 0 Å². The van der Waals surface area contributed by atoms with E-state index < -0.39 is 0 Å². The van der Waals surface area contributed by atoms with Gasteiger partial charge in [0.1, 0.15) is 11.2 Å². The molecule has 51 heavy (non-hydrogen) atoms. The van der Waals surface area contributed by atoms with E-state index in [9.17, 15) is 0 Å². The molecule has 0 radical (unpaired) electrons. The van der Waals surface area contributed by atoms with Crippen molar-refractivity contribution in [2.45, 2.75) is 0 Å². The van der Waals surface area contributed by atoms with E-state index >= 15 is 0 Å². The molecule has 10 aromatic rings. The number of fused-ring (bicyclic) bond motifs is 6. The van der Waals surface area contributed by atoms with Crippen molar-refractivity contribution in [3.8, 4) is 56.5 Å². The van der Waals surface area contributed by atoms with Crippen molar-refractivity contribution in [2.24, 2.45) is 0 Å². The Morgan fingerprint density at radius 3 is 1.51 bits per heavy atom. The molecule has 0 amide bonds. The fourth-order valence-corrected chi connectivity index (χ4v) is 7.04. The smallest absolute Gasteiger partial charge is 0.164 e. The third-order valence-corrected chi connectivity index (χ3v) is 9.51. The van der Waals surface area contributed by atoms with Crippen LogP contribution in [0.2, 0.25) is 0 Å². The molecule has 3 aromatic heterocycles. The first-order valence-electron chi connectivity index (χ1n) is 17.0. The highest BCUT2D eigenvalue weighted by molar-refractivity contribution is 6.14. The Morgan fingerprint density at radius 1 is 0.333 bits per heavy atom. The number of furan rings is 1. The molecule has 10 rings (SSSR count). The van der Waals surface area contributed by atoms with Crippen molar-refractivity contribution in [2.75, 3.05) is 0 Å². The standard InChI is InChI=1S/C46H28N4O/c1-3-13-30(14-4-1)44-48-45(31-15-5-2-6-16-31)50-46(49-44)32-25-23-29(24-26-32)38-27-33(28-39-36-19-10-12-22-41(36)51-43(38)39)42-37-20-8-7-17-34(37)35-18-9-11-21-40(35)47-42/h1-28H. The van der Waals surface area contributed by atoms with Crippen molar-refractivity contribution in [1.29, 1.82) is 0 Å². The van der Waals surface area contributed by atoms with E-state index in [-0.39, 0.29) is 0 Å². The molecule has 7 aromatic carbocycles. The molecule has 0 spiro atoms. The molecule has 5 nitrogen and oxygen atoms in total. The molecular formula is C46H28N4O. The van der Waals surface area contributed by atoms with Crippen molar-refractivity contribution in [3.63, 3.8) is 0 Å². The molecule has 0 aliphatic carbocycles. The van der Waals surface area contributed by atoms with Crippen LogP contribution in [0.5, 0.6) is 0 Å². The Balaban J connectivity index is 1.15. The van der Waals surface area contributed by atoms with Gasteiger partial charge in [0.2, 0.25) is 0 Å². The largest absolute Gasteiger partial charge is 0.455 e. The van der Waals surface area contributed by atoms with Crippen molar-refractivity contribution in [1.82, 2.24) is 19.9 Å². The molecule has 5 heteroatoms. The van der Waals surface area contributed by atoms with Crippen LogP contribution >= 0.6 is 0 Å². The topological polar surface area (TPSA) is 64.7 Å². The normalized spacial score (nSPS) is 11.5. The van der Waals surface area contributed by atoms with Gasteiger partial charge in [0.15, 0.2) is 17.5 Å². The minimum atomic E-state index is 0.615. The summed E-state index contributed by atoms with van der Waals surface area (Å²) in [6.07, 6.45) is 0. The average Bonchev–Trinajstić information content (AvgIpc) is 3.59. The van der Waals surface area contributed by atoms with Gasteiger partial charge >= 0.3 is 0 Å². The first-order chi connectivity index (χ1) is 25.3. The average molecular weight is 653 g/mol. The predicted molar refractivity (Wildman–Crippen MR) is 207 cm³/mol. The number of hydrogen-bond donors (Lipinski definition) is 0. The lowest BCUT2D eigenvalue weighted by Gasteiger charge is -2.12. The van der Waals surface area contributed by atoms with Crippen molar-refractivity contribution in [3.05, 3.63) is 170 Å². The Labute approximate surface area is 293 Å². The fraction of sp³-hybridized carbons (Fsp3) is 0. The lowest BCUT2D eigenvalue weighted by molar-refractivity contribution is 0.670. The molecule has 0 unspecified atom stereocenters. The summed E-state index contributed by atoms with van der Waals surface area (Å²) >= 11 is 0. The summed E-state index contributed by atoms with van der Waals surface area (Å²) in [6, 6.07) is 58.0. The third kappa shape index (κ3) is 5.03. The lowest BCUT2D eigenvalue weighted by Crippen LogP contribution is -2.00. The number of nitrogens with zero attached hydrogens (tertiary/aromatic N) is 4. The van der Waals surface area contributed by atoms with E-state index in [1.54, 1.807) is 0 Å². The van der Waals surface area contributed by atoms with Crippen LogP contribution in [0.1, 0.15) is 0 Å². The van der Waals surface area contributed by atoms with E-state index in [1.165, 1.54) is 5.39 Å². The summed E-state index contributed by atoms with van der Waals surface area (Å²) in [5, 5.41) is 5.57. The molecule has 0 aliphatic heterocycles. The lowest BCUT2D eigenvalue weighted by atomic mass is 9.94. The summed E-state index contributed by atoms with van der Waals surface area (Å²) in [5.41, 5.74) is 9.44. The van der Waals surface area contributed by atoms with Gasteiger partial charge in [-0.15, -0.1) is 0 Å². The summed E-state index contributed by atoms with van der Waals surface area (Å²) in [4.78, 5) is 20.0. The van der Waals surface area contributed by atoms with Gasteiger partial charge in [0.25, 0.3) is 0 Å². The van der Waals surface area contributed by atoms with Crippen LogP contribution < -0.4 is 0 Å². The van der Waals surface area contributed by atoms with Gasteiger partial charge in [0, 0.05) is 49.4 Å². The molecule has 0 atom stereocenters. The maximum absolute atomic E-state index is 6.58. The molecule has 238 valence electrons. The third-order valence-electron chi connectivity index (χ3n) is 9.51. The zero-order chi connectivity index (χ0) is 33.7. The highest BCUT2D eigenvalue weighted by atomic mass is 16.3. The zero-order valence-electron chi connectivity index (χ0n) is 27.4. The minimum Gasteiger partial charge on any atom is -0.455 e. The monoisotopic (exact) mass is 652 g/mol. The maximum Gasteiger partial charge on any atom is 0.164 e. The molecule has 3 heterocycles. The second kappa shape index (κ2) is 11.9. The predicted octanol–water partition coefficient (Wildman–Crippen LogP) is 11.8. The van der Waals surface area contributed by atoms with Gasteiger partial charge in [-0.25, -0.2) is 19.9 Å². The first-order valence-corrected chi connectivity index (χ1v) is 17.0. The summed E-state index contributed by atoms with van der Waals surface area (Å²) in [6.45, 7) is 0. The summed E-state index contributed by atoms with van der Waals surface area (Å²) in [5.74, 6) is 1.88. The molecular weight excluding hydrogens is 625 g/mol. The quantitative estimate of drug-likeness (QED) is 0.173. The van der Waals surface area contributed by atoms with E-state index in [2.05, 4.69) is 91.0 Å². The molecule has 0 bridgehead atoms. The van der Waals surface area contributed by atoms with E-state index in [0.717, 1.165) is 77.3 Å². The second-order valence-corrected chi connectivity index (χ2v) is 12.6. The number of hydrogen-bond acceptors (Lipinski definition) is 5. The highest BCUT2D eigenvalue weighted by Gasteiger charge is 2.19. The molecule has 0 fully saturated rings. The van der Waals surface area contributed by atoms with Crippen LogP contribution in [-0.2, 0) is 0 Å². The summed E-state index contributed by atoms with van der Waals surface area (Å²) < 4.78 is 6.58. The van der Waals surface area contributed by atoms with Crippen LogP contribution in [0.15, 0.2) is 174 Å². The van der Waals surface area contributed by atoms with Gasteiger partial charge in [-0.05, 0) is 35.2 Å². The number of benzene rings is 7. The van der Waals surface area contributed by atoms with Gasteiger partial charge < -0.3 is 4.42 Å². The Hall–Kier alpha value is -6.98. The molecule has 0 aliphatic rings. The second-order valence-electron chi connectivity index (χ2n) is 12.6. The first kappa shape index (κ1) is 29.0. The minimum absolute atomic E-state index is 0.615. The van der Waals surface area contributed by atoms with E-state index in [1.807, 2.05) is 78.9 Å². The SMILES string of the molecule is c1ccc(-c2nc(-c3ccccc3)nc(-c3ccc(-c4cc(-c5nc6ccccc6c6ccccc56)cc5c4oc4ccccc45)cc3)n2)cc1. The maximum atomic E-state index is 6.58. The van der Waals surface area contributed by atoms with E-state index in [0.29, 0.717) is 17.5 Å². The van der Waals surface area contributed by atoms with Crippen LogP contribution in [0, 0.1) is 0 Å². The Morgan fingerprint density at radius 2 is 0.843 bits per heavy atom. The van der Waals surface area contributed by atoms with Crippen LogP contribution in [-0.4, -0.2) is 19.9 Å². The van der Waals surface area contributed by atoms with Crippen molar-refractivity contribution >= 4 is 43.6 Å². The fourth-order valence-electron chi connectivity index (χ4n) is 7.04. The molecule has 0 N–H and O–H groups in total. The molecule has 0 saturated carbocycles. The van der Waals surface area contributed by atoms with E-state index in [4.69, 9.17) is 24.4 Å². The molecule has 0 saturated heterocycles.